The standard InChI is InChI=1S/C13H15FN4O2/c1-8(2)7-11(13(19)20)18-12(15-16-17-18)9-3-5-10(14)6-4-9/h3-6,8,11H,7H2,1-2H3,(H,19,20). The van der Waals surface area contributed by atoms with Gasteiger partial charge in [0, 0.05) is 5.56 Å². The fourth-order valence-corrected chi connectivity index (χ4v) is 1.94. The van der Waals surface area contributed by atoms with E-state index in [9.17, 15) is 14.3 Å². The molecule has 7 heteroatoms. The third-order valence-electron chi connectivity index (χ3n) is 2.87. The van der Waals surface area contributed by atoms with Crippen molar-refractivity contribution < 1.29 is 14.3 Å². The number of rotatable bonds is 5. The monoisotopic (exact) mass is 278 g/mol. The van der Waals surface area contributed by atoms with Gasteiger partial charge in [-0.2, -0.15) is 0 Å². The highest BCUT2D eigenvalue weighted by Crippen LogP contribution is 2.23. The van der Waals surface area contributed by atoms with Gasteiger partial charge < -0.3 is 5.11 Å². The summed E-state index contributed by atoms with van der Waals surface area (Å²) >= 11 is 0. The highest BCUT2D eigenvalue weighted by Gasteiger charge is 2.25. The third-order valence-corrected chi connectivity index (χ3v) is 2.87. The summed E-state index contributed by atoms with van der Waals surface area (Å²) in [6, 6.07) is 4.77. The highest BCUT2D eigenvalue weighted by atomic mass is 19.1. The summed E-state index contributed by atoms with van der Waals surface area (Å²) in [5.41, 5.74) is 0.575. The van der Waals surface area contributed by atoms with Crippen LogP contribution in [0.4, 0.5) is 4.39 Å². The first-order valence-electron chi connectivity index (χ1n) is 6.25. The Morgan fingerprint density at radius 2 is 2.00 bits per heavy atom. The Bertz CT molecular complexity index is 595. The minimum atomic E-state index is -0.991. The maximum Gasteiger partial charge on any atom is 0.328 e. The van der Waals surface area contributed by atoms with Crippen molar-refractivity contribution in [2.45, 2.75) is 26.3 Å². The van der Waals surface area contributed by atoms with Gasteiger partial charge in [-0.1, -0.05) is 13.8 Å². The van der Waals surface area contributed by atoms with Gasteiger partial charge in [0.1, 0.15) is 5.82 Å². The maximum absolute atomic E-state index is 12.9. The van der Waals surface area contributed by atoms with Crippen LogP contribution in [-0.4, -0.2) is 31.3 Å². The molecular weight excluding hydrogens is 263 g/mol. The SMILES string of the molecule is CC(C)CC(C(=O)O)n1nnnc1-c1ccc(F)cc1. The van der Waals surface area contributed by atoms with Crippen molar-refractivity contribution in [2.75, 3.05) is 0 Å². The molecule has 1 unspecified atom stereocenters. The molecule has 1 aromatic carbocycles. The summed E-state index contributed by atoms with van der Waals surface area (Å²) < 4.78 is 14.2. The molecule has 0 saturated carbocycles. The van der Waals surface area contributed by atoms with Gasteiger partial charge in [-0.15, -0.1) is 5.10 Å². The van der Waals surface area contributed by atoms with E-state index in [1.54, 1.807) is 0 Å². The number of nitrogens with zero attached hydrogens (tertiary/aromatic N) is 4. The van der Waals surface area contributed by atoms with Crippen LogP contribution < -0.4 is 0 Å². The molecule has 20 heavy (non-hydrogen) atoms. The first-order chi connectivity index (χ1) is 9.49. The van der Waals surface area contributed by atoms with Gasteiger partial charge in [0.15, 0.2) is 11.9 Å². The number of benzene rings is 1. The van der Waals surface area contributed by atoms with Crippen LogP contribution in [0.5, 0.6) is 0 Å². The zero-order valence-electron chi connectivity index (χ0n) is 11.2. The Morgan fingerprint density at radius 1 is 1.35 bits per heavy atom. The Labute approximate surface area is 115 Å². The van der Waals surface area contributed by atoms with Crippen LogP contribution in [0.3, 0.4) is 0 Å². The van der Waals surface area contributed by atoms with Crippen molar-refractivity contribution >= 4 is 5.97 Å². The number of hydrogen-bond acceptors (Lipinski definition) is 4. The van der Waals surface area contributed by atoms with E-state index in [0.29, 0.717) is 17.8 Å². The van der Waals surface area contributed by atoms with Crippen LogP contribution in [-0.2, 0) is 4.79 Å². The summed E-state index contributed by atoms with van der Waals surface area (Å²) in [5.74, 6) is -0.862. The van der Waals surface area contributed by atoms with Crippen LogP contribution in [0.2, 0.25) is 0 Å². The molecule has 0 aliphatic rings. The zero-order valence-corrected chi connectivity index (χ0v) is 11.2. The first kappa shape index (κ1) is 14.1. The number of carboxylic acid groups (broad SMARTS) is 1. The Morgan fingerprint density at radius 3 is 2.55 bits per heavy atom. The number of tetrazole rings is 1. The molecule has 2 aromatic rings. The van der Waals surface area contributed by atoms with Crippen molar-refractivity contribution in [1.82, 2.24) is 20.2 Å². The number of aromatic nitrogens is 4. The fourth-order valence-electron chi connectivity index (χ4n) is 1.94. The van der Waals surface area contributed by atoms with Crippen LogP contribution in [0, 0.1) is 11.7 Å². The lowest BCUT2D eigenvalue weighted by molar-refractivity contribution is -0.141. The third kappa shape index (κ3) is 2.98. The lowest BCUT2D eigenvalue weighted by Crippen LogP contribution is -2.23. The molecule has 1 aromatic heterocycles. The molecule has 0 amide bonds. The second kappa shape index (κ2) is 5.77. The average molecular weight is 278 g/mol. The van der Waals surface area contributed by atoms with E-state index in [0.717, 1.165) is 0 Å². The number of aliphatic carboxylic acids is 1. The molecule has 0 fully saturated rings. The van der Waals surface area contributed by atoms with E-state index in [1.807, 2.05) is 13.8 Å². The Balaban J connectivity index is 2.40. The smallest absolute Gasteiger partial charge is 0.328 e. The van der Waals surface area contributed by atoms with E-state index >= 15 is 0 Å². The van der Waals surface area contributed by atoms with Crippen molar-refractivity contribution in [2.24, 2.45) is 5.92 Å². The van der Waals surface area contributed by atoms with E-state index in [4.69, 9.17) is 0 Å². The summed E-state index contributed by atoms with van der Waals surface area (Å²) in [6.45, 7) is 3.86. The van der Waals surface area contributed by atoms with Gasteiger partial charge in [-0.05, 0) is 47.0 Å². The van der Waals surface area contributed by atoms with E-state index in [1.165, 1.54) is 28.9 Å². The molecule has 0 saturated heterocycles. The summed E-state index contributed by atoms with van der Waals surface area (Å²) in [7, 11) is 0. The van der Waals surface area contributed by atoms with E-state index < -0.39 is 12.0 Å². The highest BCUT2D eigenvalue weighted by molar-refractivity contribution is 5.72. The van der Waals surface area contributed by atoms with E-state index in [-0.39, 0.29) is 11.7 Å². The minimum absolute atomic E-state index is 0.182. The van der Waals surface area contributed by atoms with Gasteiger partial charge in [0.25, 0.3) is 0 Å². The van der Waals surface area contributed by atoms with Gasteiger partial charge in [-0.3, -0.25) is 0 Å². The lowest BCUT2D eigenvalue weighted by atomic mass is 10.0. The maximum atomic E-state index is 12.9. The normalized spacial score (nSPS) is 12.6. The Kier molecular flexibility index (Phi) is 4.07. The molecule has 1 N–H and O–H groups in total. The second-order valence-electron chi connectivity index (χ2n) is 4.94. The molecule has 0 spiro atoms. The Hall–Kier alpha value is -2.31. The van der Waals surface area contributed by atoms with E-state index in [2.05, 4.69) is 15.5 Å². The molecule has 0 radical (unpaired) electrons. The quantitative estimate of drug-likeness (QED) is 0.906. The fraction of sp³-hybridized carbons (Fsp3) is 0.385. The van der Waals surface area contributed by atoms with Gasteiger partial charge >= 0.3 is 5.97 Å². The van der Waals surface area contributed by atoms with Crippen molar-refractivity contribution in [3.8, 4) is 11.4 Å². The number of carboxylic acids is 1. The molecule has 0 aliphatic carbocycles. The largest absolute Gasteiger partial charge is 0.480 e. The lowest BCUT2D eigenvalue weighted by Gasteiger charge is -2.16. The van der Waals surface area contributed by atoms with Gasteiger partial charge in [0.2, 0.25) is 0 Å². The molecule has 0 aliphatic heterocycles. The zero-order chi connectivity index (χ0) is 14.7. The van der Waals surface area contributed by atoms with Gasteiger partial charge in [-0.25, -0.2) is 13.9 Å². The van der Waals surface area contributed by atoms with Crippen molar-refractivity contribution in [1.29, 1.82) is 0 Å². The first-order valence-corrected chi connectivity index (χ1v) is 6.25. The van der Waals surface area contributed by atoms with Crippen LogP contribution in [0.25, 0.3) is 11.4 Å². The molecule has 2 rings (SSSR count). The number of hydrogen-bond donors (Lipinski definition) is 1. The molecular formula is C13H15FN4O2. The molecule has 106 valence electrons. The van der Waals surface area contributed by atoms with Crippen LogP contribution >= 0.6 is 0 Å². The molecule has 1 heterocycles. The van der Waals surface area contributed by atoms with Crippen molar-refractivity contribution in [3.05, 3.63) is 30.1 Å². The van der Waals surface area contributed by atoms with Crippen molar-refractivity contribution in [3.63, 3.8) is 0 Å². The topological polar surface area (TPSA) is 80.9 Å². The predicted molar refractivity (Wildman–Crippen MR) is 69.3 cm³/mol. The molecule has 1 atom stereocenters. The second-order valence-corrected chi connectivity index (χ2v) is 4.94. The minimum Gasteiger partial charge on any atom is -0.480 e. The van der Waals surface area contributed by atoms with Crippen LogP contribution in [0.15, 0.2) is 24.3 Å². The number of carbonyl (C=O) groups is 1. The average Bonchev–Trinajstić information content (AvgIpc) is 2.85. The molecule has 6 nitrogen and oxygen atoms in total. The summed E-state index contributed by atoms with van der Waals surface area (Å²) in [4.78, 5) is 11.4. The molecule has 0 bridgehead atoms. The summed E-state index contributed by atoms with van der Waals surface area (Å²) in [5, 5.41) is 20.5. The summed E-state index contributed by atoms with van der Waals surface area (Å²) in [6.07, 6.45) is 0.411. The van der Waals surface area contributed by atoms with Gasteiger partial charge in [0.05, 0.1) is 0 Å². The predicted octanol–water partition coefficient (Wildman–Crippen LogP) is 2.15. The number of halogens is 1. The van der Waals surface area contributed by atoms with Crippen LogP contribution in [0.1, 0.15) is 26.3 Å².